The van der Waals surface area contributed by atoms with Crippen molar-refractivity contribution < 1.29 is 13.9 Å². The second-order valence-electron chi connectivity index (χ2n) is 7.88. The summed E-state index contributed by atoms with van der Waals surface area (Å²) in [6.45, 7) is 6.10. The van der Waals surface area contributed by atoms with Gasteiger partial charge in [-0.1, -0.05) is 6.07 Å². The van der Waals surface area contributed by atoms with Crippen LogP contribution in [0.15, 0.2) is 76.3 Å². The molecule has 34 heavy (non-hydrogen) atoms. The molecule has 0 spiro atoms. The smallest absolute Gasteiger partial charge is 0.338 e. The first-order chi connectivity index (χ1) is 16.5. The molecular weight excluding hydrogens is 432 g/mol. The zero-order chi connectivity index (χ0) is 23.8. The Balaban J connectivity index is 1.72. The van der Waals surface area contributed by atoms with Crippen molar-refractivity contribution in [3.63, 3.8) is 0 Å². The second-order valence-corrected chi connectivity index (χ2v) is 7.88. The van der Waals surface area contributed by atoms with E-state index in [0.29, 0.717) is 33.9 Å². The van der Waals surface area contributed by atoms with Gasteiger partial charge in [0, 0.05) is 0 Å². The Morgan fingerprint density at radius 2 is 1.79 bits per heavy atom. The zero-order valence-corrected chi connectivity index (χ0v) is 19.0. The number of esters is 1. The number of ether oxygens (including phenoxy) is 1. The molecule has 0 aliphatic rings. The van der Waals surface area contributed by atoms with Gasteiger partial charge >= 0.3 is 5.97 Å². The highest BCUT2D eigenvalue weighted by Gasteiger charge is 2.20. The van der Waals surface area contributed by atoms with Gasteiger partial charge < -0.3 is 9.15 Å². The summed E-state index contributed by atoms with van der Waals surface area (Å²) in [6.07, 6.45) is 3.05. The lowest BCUT2D eigenvalue weighted by molar-refractivity contribution is 0.0526. The number of hydrogen-bond acceptors (Lipinski definition) is 6. The number of aryl methyl sites for hydroxylation is 2. The van der Waals surface area contributed by atoms with Crippen LogP contribution in [0.4, 0.5) is 0 Å². The molecule has 8 heteroatoms. The van der Waals surface area contributed by atoms with E-state index in [4.69, 9.17) is 14.1 Å². The maximum absolute atomic E-state index is 13.7. The Bertz CT molecular complexity index is 1560. The normalized spacial score (nSPS) is 11.1. The molecule has 0 saturated carbocycles. The predicted octanol–water partition coefficient (Wildman–Crippen LogP) is 4.62. The van der Waals surface area contributed by atoms with E-state index in [2.05, 4.69) is 5.10 Å². The number of nitrogens with zero attached hydrogens (tertiary/aromatic N) is 4. The minimum atomic E-state index is -0.420. The van der Waals surface area contributed by atoms with Crippen LogP contribution in [0.5, 0.6) is 0 Å². The summed E-state index contributed by atoms with van der Waals surface area (Å²) in [5, 5.41) is 4.83. The van der Waals surface area contributed by atoms with E-state index in [1.807, 2.05) is 32.0 Å². The van der Waals surface area contributed by atoms with Gasteiger partial charge in [0.05, 0.1) is 36.0 Å². The number of fused-ring (bicyclic) bond motifs is 1. The molecule has 0 aliphatic heterocycles. The van der Waals surface area contributed by atoms with Gasteiger partial charge in [-0.05, 0) is 80.4 Å². The molecule has 5 aromatic rings. The van der Waals surface area contributed by atoms with Crippen LogP contribution in [0.1, 0.15) is 28.4 Å². The average molecular weight is 454 g/mol. The third kappa shape index (κ3) is 3.59. The van der Waals surface area contributed by atoms with Crippen molar-refractivity contribution in [3.8, 4) is 23.0 Å². The lowest BCUT2D eigenvalue weighted by Crippen LogP contribution is -2.22. The van der Waals surface area contributed by atoms with E-state index in [0.717, 1.165) is 16.8 Å². The van der Waals surface area contributed by atoms with Crippen LogP contribution in [0, 0.1) is 13.8 Å². The molecule has 0 radical (unpaired) electrons. The maximum atomic E-state index is 13.7. The molecule has 0 atom stereocenters. The molecule has 0 N–H and O–H groups in total. The van der Waals surface area contributed by atoms with E-state index in [9.17, 15) is 9.59 Å². The fourth-order valence-electron chi connectivity index (χ4n) is 3.79. The van der Waals surface area contributed by atoms with Crippen molar-refractivity contribution in [2.45, 2.75) is 20.8 Å². The fourth-order valence-corrected chi connectivity index (χ4v) is 3.79. The third-order valence-corrected chi connectivity index (χ3v) is 5.71. The van der Waals surface area contributed by atoms with Crippen LogP contribution in [0.3, 0.4) is 0 Å². The molecule has 0 unspecified atom stereocenters. The van der Waals surface area contributed by atoms with Crippen molar-refractivity contribution in [3.05, 3.63) is 94.1 Å². The van der Waals surface area contributed by atoms with Crippen LogP contribution >= 0.6 is 0 Å². The molecule has 170 valence electrons. The van der Waals surface area contributed by atoms with E-state index in [1.165, 1.54) is 17.0 Å². The summed E-state index contributed by atoms with van der Waals surface area (Å²) in [5.41, 5.74) is 4.16. The van der Waals surface area contributed by atoms with Crippen molar-refractivity contribution in [1.82, 2.24) is 19.3 Å². The summed E-state index contributed by atoms with van der Waals surface area (Å²) in [4.78, 5) is 30.5. The molecule has 0 fully saturated rings. The summed E-state index contributed by atoms with van der Waals surface area (Å²) < 4.78 is 13.8. The maximum Gasteiger partial charge on any atom is 0.338 e. The number of benzene rings is 2. The molecule has 5 rings (SSSR count). The average Bonchev–Trinajstić information content (AvgIpc) is 3.52. The summed E-state index contributed by atoms with van der Waals surface area (Å²) in [5.74, 6) is 0.342. The standard InChI is InChI=1S/C26H22N4O4/c1-4-33-26(32)18-8-11-19(12-9-18)29-24(22-6-5-13-34-22)28-23-21(25(29)31)15-27-30(23)20-10-7-16(2)17(3)14-20/h5-15H,4H2,1-3H3. The zero-order valence-electron chi connectivity index (χ0n) is 19.0. The molecule has 0 saturated heterocycles. The summed E-state index contributed by atoms with van der Waals surface area (Å²) >= 11 is 0. The topological polar surface area (TPSA) is 92.2 Å². The van der Waals surface area contributed by atoms with Gasteiger partial charge in [0.2, 0.25) is 0 Å². The number of furan rings is 1. The second kappa shape index (κ2) is 8.47. The highest BCUT2D eigenvalue weighted by molar-refractivity contribution is 5.89. The highest BCUT2D eigenvalue weighted by Crippen LogP contribution is 2.24. The van der Waals surface area contributed by atoms with E-state index in [-0.39, 0.29) is 12.2 Å². The quantitative estimate of drug-likeness (QED) is 0.360. The van der Waals surface area contributed by atoms with Crippen LogP contribution in [-0.4, -0.2) is 31.9 Å². The van der Waals surface area contributed by atoms with Gasteiger partial charge in [-0.25, -0.2) is 14.5 Å². The number of hydrogen-bond donors (Lipinski definition) is 0. The predicted molar refractivity (Wildman–Crippen MR) is 128 cm³/mol. The van der Waals surface area contributed by atoms with Gasteiger partial charge in [-0.2, -0.15) is 5.10 Å². The Morgan fingerprint density at radius 1 is 1.03 bits per heavy atom. The van der Waals surface area contributed by atoms with Crippen molar-refractivity contribution in [2.75, 3.05) is 6.61 Å². The minimum absolute atomic E-state index is 0.285. The van der Waals surface area contributed by atoms with Crippen LogP contribution in [0.2, 0.25) is 0 Å². The van der Waals surface area contributed by atoms with Gasteiger partial charge in [0.1, 0.15) is 5.39 Å². The van der Waals surface area contributed by atoms with Crippen LogP contribution < -0.4 is 5.56 Å². The summed E-state index contributed by atoms with van der Waals surface area (Å²) in [6, 6.07) is 16.1. The monoisotopic (exact) mass is 454 g/mol. The van der Waals surface area contributed by atoms with Crippen molar-refractivity contribution in [1.29, 1.82) is 0 Å². The van der Waals surface area contributed by atoms with Gasteiger partial charge in [0.25, 0.3) is 5.56 Å². The van der Waals surface area contributed by atoms with Gasteiger partial charge in [0.15, 0.2) is 17.2 Å². The molecule has 0 aliphatic carbocycles. The molecule has 3 heterocycles. The fraction of sp³-hybridized carbons (Fsp3) is 0.154. The molecule has 2 aromatic carbocycles. The number of carbonyl (C=O) groups excluding carboxylic acids is 1. The lowest BCUT2D eigenvalue weighted by atomic mass is 10.1. The van der Waals surface area contributed by atoms with E-state index >= 15 is 0 Å². The number of aromatic nitrogens is 4. The molecule has 0 amide bonds. The number of carbonyl (C=O) groups is 1. The first-order valence-electron chi connectivity index (χ1n) is 10.9. The van der Waals surface area contributed by atoms with Gasteiger partial charge in [-0.3, -0.25) is 9.36 Å². The molecular formula is C26H22N4O4. The lowest BCUT2D eigenvalue weighted by Gasteiger charge is -2.12. The summed E-state index contributed by atoms with van der Waals surface area (Å²) in [7, 11) is 0. The molecule has 0 bridgehead atoms. The van der Waals surface area contributed by atoms with Crippen molar-refractivity contribution in [2.24, 2.45) is 0 Å². The van der Waals surface area contributed by atoms with Crippen LogP contribution in [0.25, 0.3) is 34.0 Å². The van der Waals surface area contributed by atoms with Gasteiger partial charge in [-0.15, -0.1) is 0 Å². The highest BCUT2D eigenvalue weighted by atomic mass is 16.5. The van der Waals surface area contributed by atoms with E-state index < -0.39 is 5.97 Å². The Labute approximate surface area is 195 Å². The molecule has 8 nitrogen and oxygen atoms in total. The SMILES string of the molecule is CCOC(=O)c1ccc(-n2c(-c3ccco3)nc3c(cnn3-c3ccc(C)c(C)c3)c2=O)cc1. The van der Waals surface area contributed by atoms with Crippen LogP contribution in [-0.2, 0) is 4.74 Å². The van der Waals surface area contributed by atoms with E-state index in [1.54, 1.807) is 48.0 Å². The Hall–Kier alpha value is -4.46. The Kier molecular flexibility index (Phi) is 5.33. The molecule has 3 aromatic heterocycles. The first-order valence-corrected chi connectivity index (χ1v) is 10.9. The Morgan fingerprint density at radius 3 is 2.47 bits per heavy atom. The van der Waals surface area contributed by atoms with Crippen molar-refractivity contribution >= 4 is 17.0 Å². The first kappa shape index (κ1) is 21.4. The largest absolute Gasteiger partial charge is 0.462 e. The third-order valence-electron chi connectivity index (χ3n) is 5.71. The minimum Gasteiger partial charge on any atom is -0.462 e. The number of rotatable bonds is 5.